The van der Waals surface area contributed by atoms with Gasteiger partial charge in [0.1, 0.15) is 6.04 Å². The molecule has 0 amide bonds. The summed E-state index contributed by atoms with van der Waals surface area (Å²) in [6.07, 6.45) is 0. The van der Waals surface area contributed by atoms with Gasteiger partial charge in [0.15, 0.2) is 0 Å². The van der Waals surface area contributed by atoms with Crippen molar-refractivity contribution < 1.29 is 0 Å². The van der Waals surface area contributed by atoms with Crippen molar-refractivity contribution in [3.63, 3.8) is 0 Å². The molecule has 0 spiro atoms. The van der Waals surface area contributed by atoms with E-state index in [1.165, 1.54) is 0 Å². The van der Waals surface area contributed by atoms with Crippen LogP contribution in [-0.4, -0.2) is 31.1 Å². The summed E-state index contributed by atoms with van der Waals surface area (Å²) in [5, 5.41) is 12.6. The highest BCUT2D eigenvalue weighted by Gasteiger charge is 2.21. The highest BCUT2D eigenvalue weighted by Crippen LogP contribution is 2.22. The fourth-order valence-corrected chi connectivity index (χ4v) is 2.22. The quantitative estimate of drug-likeness (QED) is 0.899. The number of rotatable bonds is 2. The second kappa shape index (κ2) is 5.44. The number of hydrogen-bond acceptors (Lipinski definition) is 3. The lowest BCUT2D eigenvalue weighted by atomic mass is 10.1. The SMILES string of the molecule is N#CC(c1ccc(Br)cc1)N1CCNCC1. The highest BCUT2D eigenvalue weighted by atomic mass is 79.9. The Kier molecular flexibility index (Phi) is 3.94. The van der Waals surface area contributed by atoms with E-state index in [4.69, 9.17) is 0 Å². The molecule has 0 saturated carbocycles. The van der Waals surface area contributed by atoms with Gasteiger partial charge in [0.2, 0.25) is 0 Å². The summed E-state index contributed by atoms with van der Waals surface area (Å²) in [6, 6.07) is 10.3. The molecule has 1 saturated heterocycles. The van der Waals surface area contributed by atoms with E-state index in [1.54, 1.807) is 0 Å². The second-order valence-corrected chi connectivity index (χ2v) is 4.78. The molecule has 3 nitrogen and oxygen atoms in total. The molecule has 1 aliphatic rings. The highest BCUT2D eigenvalue weighted by molar-refractivity contribution is 9.10. The Bertz CT molecular complexity index is 376. The minimum Gasteiger partial charge on any atom is -0.314 e. The lowest BCUT2D eigenvalue weighted by Crippen LogP contribution is -2.44. The molecule has 1 N–H and O–H groups in total. The molecule has 1 aliphatic heterocycles. The molecule has 1 aromatic rings. The van der Waals surface area contributed by atoms with Gasteiger partial charge in [-0.1, -0.05) is 28.1 Å². The molecule has 1 atom stereocenters. The van der Waals surface area contributed by atoms with Crippen molar-refractivity contribution in [3.05, 3.63) is 34.3 Å². The average molecular weight is 280 g/mol. The van der Waals surface area contributed by atoms with Crippen molar-refractivity contribution in [2.45, 2.75) is 6.04 Å². The molecule has 1 unspecified atom stereocenters. The van der Waals surface area contributed by atoms with E-state index >= 15 is 0 Å². The van der Waals surface area contributed by atoms with Crippen LogP contribution in [0.2, 0.25) is 0 Å². The van der Waals surface area contributed by atoms with E-state index in [0.717, 1.165) is 36.2 Å². The Morgan fingerprint density at radius 3 is 2.44 bits per heavy atom. The number of nitrogens with one attached hydrogen (secondary N) is 1. The van der Waals surface area contributed by atoms with E-state index in [1.807, 2.05) is 24.3 Å². The summed E-state index contributed by atoms with van der Waals surface area (Å²) in [5.74, 6) is 0. The number of benzene rings is 1. The van der Waals surface area contributed by atoms with Gasteiger partial charge >= 0.3 is 0 Å². The van der Waals surface area contributed by atoms with Crippen LogP contribution in [0.5, 0.6) is 0 Å². The van der Waals surface area contributed by atoms with Crippen LogP contribution in [-0.2, 0) is 0 Å². The number of hydrogen-bond donors (Lipinski definition) is 1. The van der Waals surface area contributed by atoms with Crippen LogP contribution in [0.25, 0.3) is 0 Å². The first-order chi connectivity index (χ1) is 7.81. The zero-order valence-electron chi connectivity index (χ0n) is 8.99. The average Bonchev–Trinajstić information content (AvgIpc) is 2.34. The van der Waals surface area contributed by atoms with Gasteiger partial charge in [-0.3, -0.25) is 4.90 Å². The Morgan fingerprint density at radius 1 is 1.25 bits per heavy atom. The van der Waals surface area contributed by atoms with Gasteiger partial charge in [-0.25, -0.2) is 0 Å². The molecule has 1 fully saturated rings. The standard InChI is InChI=1S/C12H14BrN3/c13-11-3-1-10(2-4-11)12(9-14)16-7-5-15-6-8-16/h1-4,12,15H,5-8H2. The van der Waals surface area contributed by atoms with Crippen LogP contribution in [0.4, 0.5) is 0 Å². The van der Waals surface area contributed by atoms with Crippen LogP contribution < -0.4 is 5.32 Å². The van der Waals surface area contributed by atoms with E-state index in [0.29, 0.717) is 0 Å². The molecule has 1 aromatic carbocycles. The monoisotopic (exact) mass is 279 g/mol. The van der Waals surface area contributed by atoms with E-state index in [9.17, 15) is 5.26 Å². The van der Waals surface area contributed by atoms with Crippen molar-refractivity contribution in [1.82, 2.24) is 10.2 Å². The maximum absolute atomic E-state index is 9.28. The normalized spacial score (nSPS) is 19.0. The van der Waals surface area contributed by atoms with E-state index < -0.39 is 0 Å². The summed E-state index contributed by atoms with van der Waals surface area (Å²) in [6.45, 7) is 3.81. The third kappa shape index (κ3) is 2.62. The zero-order chi connectivity index (χ0) is 11.4. The van der Waals surface area contributed by atoms with Gasteiger partial charge in [-0.15, -0.1) is 0 Å². The summed E-state index contributed by atoms with van der Waals surface area (Å²) >= 11 is 3.41. The van der Waals surface area contributed by atoms with Crippen LogP contribution in [0.15, 0.2) is 28.7 Å². The minimum atomic E-state index is -0.116. The molecular weight excluding hydrogens is 266 g/mol. The molecule has 2 rings (SSSR count). The molecular formula is C12H14BrN3. The summed E-state index contributed by atoms with van der Waals surface area (Å²) in [5.41, 5.74) is 1.08. The summed E-state index contributed by atoms with van der Waals surface area (Å²) in [4.78, 5) is 2.22. The predicted octanol–water partition coefficient (Wildman–Crippen LogP) is 1.92. The second-order valence-electron chi connectivity index (χ2n) is 3.87. The van der Waals surface area contributed by atoms with Crippen LogP contribution in [0, 0.1) is 11.3 Å². The minimum absolute atomic E-state index is 0.116. The van der Waals surface area contributed by atoms with Crippen LogP contribution in [0.3, 0.4) is 0 Å². The van der Waals surface area contributed by atoms with Gasteiger partial charge < -0.3 is 5.32 Å². The third-order valence-corrected chi connectivity index (χ3v) is 3.35. The lowest BCUT2D eigenvalue weighted by Gasteiger charge is -2.31. The zero-order valence-corrected chi connectivity index (χ0v) is 10.6. The molecule has 16 heavy (non-hydrogen) atoms. The van der Waals surface area contributed by atoms with Crippen molar-refractivity contribution in [2.75, 3.05) is 26.2 Å². The number of piperazine rings is 1. The first-order valence-electron chi connectivity index (χ1n) is 5.41. The van der Waals surface area contributed by atoms with Crippen LogP contribution in [0.1, 0.15) is 11.6 Å². The van der Waals surface area contributed by atoms with Crippen molar-refractivity contribution >= 4 is 15.9 Å². The maximum atomic E-state index is 9.28. The number of nitriles is 1. The van der Waals surface area contributed by atoms with Gasteiger partial charge in [0, 0.05) is 30.7 Å². The number of halogens is 1. The molecule has 0 aliphatic carbocycles. The molecule has 0 aromatic heterocycles. The summed E-state index contributed by atoms with van der Waals surface area (Å²) < 4.78 is 1.05. The van der Waals surface area contributed by atoms with Gasteiger partial charge in [-0.05, 0) is 17.7 Å². The molecule has 1 heterocycles. The lowest BCUT2D eigenvalue weighted by molar-refractivity contribution is 0.207. The topological polar surface area (TPSA) is 39.1 Å². The Labute approximate surface area is 104 Å². The third-order valence-electron chi connectivity index (χ3n) is 2.82. The maximum Gasteiger partial charge on any atom is 0.123 e. The smallest absolute Gasteiger partial charge is 0.123 e. The molecule has 84 valence electrons. The Morgan fingerprint density at radius 2 is 1.88 bits per heavy atom. The van der Waals surface area contributed by atoms with Crippen molar-refractivity contribution in [1.29, 1.82) is 5.26 Å². The predicted molar refractivity (Wildman–Crippen MR) is 66.9 cm³/mol. The Hall–Kier alpha value is -0.890. The van der Waals surface area contributed by atoms with Gasteiger partial charge in [0.05, 0.1) is 6.07 Å². The van der Waals surface area contributed by atoms with Gasteiger partial charge in [0.25, 0.3) is 0 Å². The molecule has 4 heteroatoms. The van der Waals surface area contributed by atoms with Crippen molar-refractivity contribution in [2.24, 2.45) is 0 Å². The van der Waals surface area contributed by atoms with Gasteiger partial charge in [-0.2, -0.15) is 5.26 Å². The first kappa shape index (κ1) is 11.6. The molecule has 0 bridgehead atoms. The largest absolute Gasteiger partial charge is 0.314 e. The van der Waals surface area contributed by atoms with Crippen LogP contribution >= 0.6 is 15.9 Å². The van der Waals surface area contributed by atoms with E-state index in [2.05, 4.69) is 32.2 Å². The van der Waals surface area contributed by atoms with Crippen molar-refractivity contribution in [3.8, 4) is 6.07 Å². The fraction of sp³-hybridized carbons (Fsp3) is 0.417. The fourth-order valence-electron chi connectivity index (χ4n) is 1.95. The summed E-state index contributed by atoms with van der Waals surface area (Å²) in [7, 11) is 0. The number of nitrogens with zero attached hydrogens (tertiary/aromatic N) is 2. The Balaban J connectivity index is 2.15. The first-order valence-corrected chi connectivity index (χ1v) is 6.20. The van der Waals surface area contributed by atoms with E-state index in [-0.39, 0.29) is 6.04 Å². The molecule has 0 radical (unpaired) electrons.